The van der Waals surface area contributed by atoms with E-state index in [1.165, 1.54) is 13.2 Å². The normalized spacial score (nSPS) is 14.1. The second kappa shape index (κ2) is 7.51. The van der Waals surface area contributed by atoms with Gasteiger partial charge in [0, 0.05) is 18.2 Å². The summed E-state index contributed by atoms with van der Waals surface area (Å²) in [6.45, 7) is 1.45. The Labute approximate surface area is 148 Å². The van der Waals surface area contributed by atoms with Gasteiger partial charge in [-0.15, -0.1) is 0 Å². The first-order chi connectivity index (χ1) is 12.5. The third-order valence-corrected chi connectivity index (χ3v) is 3.75. The van der Waals surface area contributed by atoms with E-state index in [0.717, 1.165) is 12.1 Å². The van der Waals surface area contributed by atoms with Gasteiger partial charge in [-0.2, -0.15) is 23.3 Å². The van der Waals surface area contributed by atoms with Gasteiger partial charge in [0.05, 0.1) is 19.2 Å². The van der Waals surface area contributed by atoms with Gasteiger partial charge in [0.1, 0.15) is 24.5 Å². The summed E-state index contributed by atoms with van der Waals surface area (Å²) in [5, 5.41) is 3.97. The molecule has 0 saturated carbocycles. The number of halogens is 3. The number of nitrogens with one attached hydrogen (secondary N) is 1. The quantitative estimate of drug-likeness (QED) is 0.882. The molecular formula is C17H17F3N4O2. The van der Waals surface area contributed by atoms with Crippen molar-refractivity contribution in [2.24, 2.45) is 5.10 Å². The van der Waals surface area contributed by atoms with E-state index >= 15 is 0 Å². The summed E-state index contributed by atoms with van der Waals surface area (Å²) >= 11 is 0. The molecule has 0 bridgehead atoms. The lowest BCUT2D eigenvalue weighted by Gasteiger charge is -2.22. The molecule has 0 aliphatic carbocycles. The largest absolute Gasteiger partial charge is 0.496 e. The van der Waals surface area contributed by atoms with Crippen LogP contribution in [0.3, 0.4) is 0 Å². The molecule has 0 amide bonds. The Bertz CT molecular complexity index is 796. The minimum Gasteiger partial charge on any atom is -0.496 e. The van der Waals surface area contributed by atoms with E-state index in [1.54, 1.807) is 18.5 Å². The number of benzene rings is 1. The van der Waals surface area contributed by atoms with Crippen molar-refractivity contribution in [2.45, 2.75) is 12.8 Å². The molecule has 0 atom stereocenters. The summed E-state index contributed by atoms with van der Waals surface area (Å²) < 4.78 is 49.1. The molecule has 1 aliphatic rings. The Morgan fingerprint density at radius 2 is 2.08 bits per heavy atom. The van der Waals surface area contributed by atoms with Crippen LogP contribution in [0.1, 0.15) is 11.1 Å². The fourth-order valence-corrected chi connectivity index (χ4v) is 2.41. The standard InChI is InChI=1S/C17H17F3N4O2/c1-25-14-9-13(17(18,19)20)6-5-12(14)10-26-16-4-2-3-15(23-16)24-8-7-21-22-11-24/h2-6,9,11,21H,7-8,10H2,1H3. The number of hydrazone groups is 1. The van der Waals surface area contributed by atoms with Crippen molar-refractivity contribution in [2.75, 3.05) is 25.1 Å². The summed E-state index contributed by atoms with van der Waals surface area (Å²) in [5.41, 5.74) is 2.58. The average Bonchev–Trinajstić information content (AvgIpc) is 2.66. The number of pyridine rings is 1. The second-order valence-corrected chi connectivity index (χ2v) is 5.49. The van der Waals surface area contributed by atoms with E-state index in [2.05, 4.69) is 15.5 Å². The van der Waals surface area contributed by atoms with Crippen LogP contribution < -0.4 is 19.8 Å². The molecule has 0 fully saturated rings. The molecule has 0 spiro atoms. The number of aromatic nitrogens is 1. The molecule has 1 aromatic heterocycles. The zero-order chi connectivity index (χ0) is 18.6. The maximum atomic E-state index is 12.8. The smallest absolute Gasteiger partial charge is 0.416 e. The highest BCUT2D eigenvalue weighted by Crippen LogP contribution is 2.33. The summed E-state index contributed by atoms with van der Waals surface area (Å²) in [4.78, 5) is 6.25. The van der Waals surface area contributed by atoms with Crippen LogP contribution in [-0.4, -0.2) is 31.5 Å². The minimum absolute atomic E-state index is 0.0351. The molecule has 9 heteroatoms. The first-order valence-corrected chi connectivity index (χ1v) is 7.84. The first kappa shape index (κ1) is 17.8. The number of rotatable bonds is 5. The van der Waals surface area contributed by atoms with Gasteiger partial charge in [-0.05, 0) is 18.2 Å². The Morgan fingerprint density at radius 1 is 1.23 bits per heavy atom. The van der Waals surface area contributed by atoms with E-state index < -0.39 is 11.7 Å². The number of hydrogen-bond donors (Lipinski definition) is 1. The van der Waals surface area contributed by atoms with Gasteiger partial charge >= 0.3 is 6.18 Å². The van der Waals surface area contributed by atoms with E-state index in [9.17, 15) is 13.2 Å². The van der Waals surface area contributed by atoms with Crippen LogP contribution in [0.15, 0.2) is 41.5 Å². The van der Waals surface area contributed by atoms with Crippen LogP contribution in [0.25, 0.3) is 0 Å². The van der Waals surface area contributed by atoms with Crippen molar-refractivity contribution in [3.8, 4) is 11.6 Å². The van der Waals surface area contributed by atoms with Gasteiger partial charge in [-0.3, -0.25) is 0 Å². The Hall–Kier alpha value is -2.97. The minimum atomic E-state index is -4.42. The van der Waals surface area contributed by atoms with Crippen LogP contribution in [0.4, 0.5) is 19.0 Å². The molecular weight excluding hydrogens is 349 g/mol. The molecule has 6 nitrogen and oxygen atoms in total. The van der Waals surface area contributed by atoms with Gasteiger partial charge in [0.2, 0.25) is 5.88 Å². The van der Waals surface area contributed by atoms with Crippen molar-refractivity contribution in [3.05, 3.63) is 47.5 Å². The lowest BCUT2D eigenvalue weighted by atomic mass is 10.1. The number of hydrogen-bond acceptors (Lipinski definition) is 6. The monoisotopic (exact) mass is 366 g/mol. The third-order valence-electron chi connectivity index (χ3n) is 3.75. The summed E-state index contributed by atoms with van der Waals surface area (Å²) in [7, 11) is 1.32. The molecule has 26 heavy (non-hydrogen) atoms. The highest BCUT2D eigenvalue weighted by molar-refractivity contribution is 5.77. The maximum Gasteiger partial charge on any atom is 0.416 e. The molecule has 1 aliphatic heterocycles. The summed E-state index contributed by atoms with van der Waals surface area (Å²) in [5.74, 6) is 1.15. The molecule has 2 heterocycles. The van der Waals surface area contributed by atoms with Crippen LogP contribution in [0.5, 0.6) is 11.6 Å². The third kappa shape index (κ3) is 4.16. The van der Waals surface area contributed by atoms with E-state index in [-0.39, 0.29) is 12.4 Å². The van der Waals surface area contributed by atoms with Crippen molar-refractivity contribution in [3.63, 3.8) is 0 Å². The molecule has 0 saturated heterocycles. The molecule has 2 aromatic rings. The average molecular weight is 366 g/mol. The van der Waals surface area contributed by atoms with Crippen molar-refractivity contribution >= 4 is 12.2 Å². The molecule has 0 radical (unpaired) electrons. The first-order valence-electron chi connectivity index (χ1n) is 7.84. The van der Waals surface area contributed by atoms with Gasteiger partial charge in [-0.25, -0.2) is 0 Å². The Balaban J connectivity index is 1.73. The van der Waals surface area contributed by atoms with Crippen LogP contribution in [0.2, 0.25) is 0 Å². The van der Waals surface area contributed by atoms with E-state index in [4.69, 9.17) is 9.47 Å². The molecule has 0 unspecified atom stereocenters. The van der Waals surface area contributed by atoms with Crippen molar-refractivity contribution in [1.29, 1.82) is 0 Å². The fraction of sp³-hybridized carbons (Fsp3) is 0.294. The number of alkyl halides is 3. The van der Waals surface area contributed by atoms with Gasteiger partial charge < -0.3 is 19.8 Å². The lowest BCUT2D eigenvalue weighted by Crippen LogP contribution is -2.35. The predicted octanol–water partition coefficient (Wildman–Crippen LogP) is 3.04. The SMILES string of the molecule is COc1cc(C(F)(F)F)ccc1COc1cccc(N2C=NNCC2)n1. The number of nitrogens with zero attached hydrogens (tertiary/aromatic N) is 3. The second-order valence-electron chi connectivity index (χ2n) is 5.49. The maximum absolute atomic E-state index is 12.8. The number of anilines is 1. The van der Waals surface area contributed by atoms with E-state index in [1.807, 2.05) is 11.0 Å². The molecule has 3 rings (SSSR count). The van der Waals surface area contributed by atoms with Crippen LogP contribution >= 0.6 is 0 Å². The summed E-state index contributed by atoms with van der Waals surface area (Å²) in [6, 6.07) is 8.59. The highest BCUT2D eigenvalue weighted by Gasteiger charge is 2.31. The summed E-state index contributed by atoms with van der Waals surface area (Å²) in [6.07, 6.45) is -2.79. The fourth-order valence-electron chi connectivity index (χ4n) is 2.41. The lowest BCUT2D eigenvalue weighted by molar-refractivity contribution is -0.137. The predicted molar refractivity (Wildman–Crippen MR) is 90.4 cm³/mol. The van der Waals surface area contributed by atoms with Crippen LogP contribution in [-0.2, 0) is 12.8 Å². The highest BCUT2D eigenvalue weighted by atomic mass is 19.4. The number of methoxy groups -OCH3 is 1. The molecule has 1 N–H and O–H groups in total. The Kier molecular flexibility index (Phi) is 5.15. The van der Waals surface area contributed by atoms with Gasteiger partial charge in [0.25, 0.3) is 0 Å². The zero-order valence-corrected chi connectivity index (χ0v) is 14.0. The number of ether oxygens (including phenoxy) is 2. The molecule has 1 aromatic carbocycles. The molecule has 138 valence electrons. The topological polar surface area (TPSA) is 59.0 Å². The van der Waals surface area contributed by atoms with Crippen LogP contribution in [0, 0.1) is 0 Å². The Morgan fingerprint density at radius 3 is 2.77 bits per heavy atom. The van der Waals surface area contributed by atoms with Gasteiger partial charge in [0.15, 0.2) is 0 Å². The van der Waals surface area contributed by atoms with E-state index in [0.29, 0.717) is 30.4 Å². The zero-order valence-electron chi connectivity index (χ0n) is 14.0. The van der Waals surface area contributed by atoms with Crippen molar-refractivity contribution < 1.29 is 22.6 Å². The van der Waals surface area contributed by atoms with Crippen molar-refractivity contribution in [1.82, 2.24) is 10.4 Å². The van der Waals surface area contributed by atoms with Gasteiger partial charge in [-0.1, -0.05) is 12.1 Å².